The number of hydrogen-bond donors (Lipinski definition) is 1. The summed E-state index contributed by atoms with van der Waals surface area (Å²) >= 11 is 3.52. The van der Waals surface area contributed by atoms with Crippen LogP contribution in [0.2, 0.25) is 0 Å². The summed E-state index contributed by atoms with van der Waals surface area (Å²) in [5, 5.41) is 3.27. The average Bonchev–Trinajstić information content (AvgIpc) is 3.16. The summed E-state index contributed by atoms with van der Waals surface area (Å²) in [6, 6.07) is 15.8. The van der Waals surface area contributed by atoms with Crippen molar-refractivity contribution < 1.29 is 9.59 Å². The Kier molecular flexibility index (Phi) is 5.53. The van der Waals surface area contributed by atoms with Gasteiger partial charge in [0.25, 0.3) is 5.91 Å². The second-order valence-corrected chi connectivity index (χ2v) is 10.0. The first-order valence-corrected chi connectivity index (χ1v) is 12.1. The number of amides is 2. The van der Waals surface area contributed by atoms with E-state index in [0.717, 1.165) is 46.8 Å². The first kappa shape index (κ1) is 21.2. The molecule has 166 valence electrons. The van der Waals surface area contributed by atoms with Crippen molar-refractivity contribution in [2.45, 2.75) is 63.7 Å². The normalized spacial score (nSPS) is 21.6. The maximum atomic E-state index is 13.7. The first-order chi connectivity index (χ1) is 15.5. The third-order valence-corrected chi connectivity index (χ3v) is 7.31. The van der Waals surface area contributed by atoms with Crippen molar-refractivity contribution in [3.05, 3.63) is 64.4 Å². The van der Waals surface area contributed by atoms with Gasteiger partial charge in [0.15, 0.2) is 5.82 Å². The summed E-state index contributed by atoms with van der Waals surface area (Å²) in [6.07, 6.45) is 5.50. The molecule has 2 aliphatic rings. The van der Waals surface area contributed by atoms with Gasteiger partial charge >= 0.3 is 0 Å². The molecule has 2 amide bonds. The predicted octanol–water partition coefficient (Wildman–Crippen LogP) is 4.66. The summed E-state index contributed by atoms with van der Waals surface area (Å²) in [4.78, 5) is 33.8. The lowest BCUT2D eigenvalue weighted by atomic mass is 9.91. The van der Waals surface area contributed by atoms with E-state index in [9.17, 15) is 9.59 Å². The van der Waals surface area contributed by atoms with E-state index < -0.39 is 5.54 Å². The van der Waals surface area contributed by atoms with Crippen molar-refractivity contribution in [2.24, 2.45) is 0 Å². The van der Waals surface area contributed by atoms with E-state index in [4.69, 9.17) is 0 Å². The monoisotopic (exact) mass is 494 g/mol. The number of nitrogens with one attached hydrogen (secondary N) is 1. The number of halogens is 1. The molecule has 2 aromatic carbocycles. The maximum Gasteiger partial charge on any atom is 0.291 e. The number of aromatic nitrogens is 2. The van der Waals surface area contributed by atoms with Crippen LogP contribution in [0.15, 0.2) is 53.0 Å². The second kappa shape index (κ2) is 8.35. The molecule has 7 heteroatoms. The van der Waals surface area contributed by atoms with Gasteiger partial charge in [0.2, 0.25) is 5.91 Å². The molecule has 0 spiro atoms. The Morgan fingerprint density at radius 2 is 1.94 bits per heavy atom. The van der Waals surface area contributed by atoms with Crippen molar-refractivity contribution in [1.82, 2.24) is 19.8 Å². The van der Waals surface area contributed by atoms with Crippen molar-refractivity contribution in [3.8, 4) is 0 Å². The molecule has 0 bridgehead atoms. The van der Waals surface area contributed by atoms with Crippen LogP contribution >= 0.6 is 15.9 Å². The minimum Gasteiger partial charge on any atom is -0.351 e. The lowest BCUT2D eigenvalue weighted by Crippen LogP contribution is -2.64. The van der Waals surface area contributed by atoms with Gasteiger partial charge in [-0.25, -0.2) is 4.98 Å². The third kappa shape index (κ3) is 3.72. The third-order valence-electron chi connectivity index (χ3n) is 6.81. The Hall–Kier alpha value is -2.67. The van der Waals surface area contributed by atoms with Gasteiger partial charge in [-0.2, -0.15) is 0 Å². The summed E-state index contributed by atoms with van der Waals surface area (Å²) in [7, 11) is 0. The Labute approximate surface area is 196 Å². The quantitative estimate of drug-likeness (QED) is 0.573. The molecule has 0 unspecified atom stereocenters. The van der Waals surface area contributed by atoms with Gasteiger partial charge < -0.3 is 14.8 Å². The number of fused-ring (bicyclic) bond motifs is 3. The molecule has 1 atom stereocenters. The molecule has 1 saturated carbocycles. The van der Waals surface area contributed by atoms with Crippen molar-refractivity contribution in [3.63, 3.8) is 0 Å². The Bertz CT molecular complexity index is 1180. The number of benzene rings is 2. The smallest absolute Gasteiger partial charge is 0.291 e. The fourth-order valence-electron chi connectivity index (χ4n) is 4.98. The highest BCUT2D eigenvalue weighted by Gasteiger charge is 2.48. The van der Waals surface area contributed by atoms with Crippen LogP contribution in [0.1, 0.15) is 55.2 Å². The van der Waals surface area contributed by atoms with Crippen LogP contribution in [0.5, 0.6) is 0 Å². The molecule has 5 rings (SSSR count). The maximum absolute atomic E-state index is 13.7. The number of rotatable bonds is 4. The zero-order chi connectivity index (χ0) is 22.3. The van der Waals surface area contributed by atoms with Crippen LogP contribution < -0.4 is 5.32 Å². The van der Waals surface area contributed by atoms with Crippen molar-refractivity contribution in [2.75, 3.05) is 0 Å². The fourth-order valence-corrected chi connectivity index (χ4v) is 5.43. The van der Waals surface area contributed by atoms with Crippen LogP contribution in [0.25, 0.3) is 11.0 Å². The van der Waals surface area contributed by atoms with Gasteiger partial charge in [0, 0.05) is 17.1 Å². The minimum atomic E-state index is -1.02. The molecule has 1 aliphatic carbocycles. The van der Waals surface area contributed by atoms with Gasteiger partial charge in [-0.1, -0.05) is 59.5 Å². The van der Waals surface area contributed by atoms with Gasteiger partial charge in [0.05, 0.1) is 17.6 Å². The lowest BCUT2D eigenvalue weighted by molar-refractivity contribution is -0.134. The number of imidazole rings is 1. The fraction of sp³-hybridized carbons (Fsp3) is 0.400. The predicted molar refractivity (Wildman–Crippen MR) is 127 cm³/mol. The van der Waals surface area contributed by atoms with E-state index in [2.05, 4.69) is 26.2 Å². The molecular weight excluding hydrogens is 468 g/mol. The Morgan fingerprint density at radius 3 is 2.72 bits per heavy atom. The standard InChI is InChI=1S/C25H27BrN4O2/c1-25(24(32)27-19-10-3-2-4-11-19)16-29-21-13-6-5-12-20(21)28-22(29)23(31)30(25)15-17-8-7-9-18(26)14-17/h5-9,12-14,19H,2-4,10-11,15-16H2,1H3,(H,27,32)/t25-/m0/s1. The lowest BCUT2D eigenvalue weighted by Gasteiger charge is -2.44. The van der Waals surface area contributed by atoms with E-state index in [1.54, 1.807) is 4.90 Å². The van der Waals surface area contributed by atoms with Crippen LogP contribution in [-0.4, -0.2) is 37.8 Å². The minimum absolute atomic E-state index is 0.0869. The van der Waals surface area contributed by atoms with Gasteiger partial charge in [-0.05, 0) is 49.6 Å². The highest BCUT2D eigenvalue weighted by molar-refractivity contribution is 9.10. The number of carbonyl (C=O) groups is 2. The van der Waals surface area contributed by atoms with Gasteiger partial charge in [0.1, 0.15) is 5.54 Å². The molecule has 1 fully saturated rings. The summed E-state index contributed by atoms with van der Waals surface area (Å²) in [6.45, 7) is 2.61. The molecular formula is C25H27BrN4O2. The van der Waals surface area contributed by atoms with Crippen LogP contribution in [0.3, 0.4) is 0 Å². The molecule has 1 aliphatic heterocycles. The van der Waals surface area contributed by atoms with E-state index >= 15 is 0 Å². The first-order valence-electron chi connectivity index (χ1n) is 11.3. The second-order valence-electron chi connectivity index (χ2n) is 9.11. The van der Waals surface area contributed by atoms with Crippen LogP contribution in [0, 0.1) is 0 Å². The SMILES string of the molecule is C[C@@]1(C(=O)NC2CCCCC2)Cn2c(nc3ccccc32)C(=O)N1Cc1cccc(Br)c1. The Morgan fingerprint density at radius 1 is 1.16 bits per heavy atom. The van der Waals surface area contributed by atoms with Crippen LogP contribution in [-0.2, 0) is 17.9 Å². The van der Waals surface area contributed by atoms with E-state index in [-0.39, 0.29) is 17.9 Å². The summed E-state index contributed by atoms with van der Waals surface area (Å²) < 4.78 is 2.86. The zero-order valence-corrected chi connectivity index (χ0v) is 19.8. The highest BCUT2D eigenvalue weighted by Crippen LogP contribution is 2.32. The Balaban J connectivity index is 1.55. The molecule has 3 aromatic rings. The largest absolute Gasteiger partial charge is 0.351 e. The number of nitrogens with zero attached hydrogens (tertiary/aromatic N) is 3. The van der Waals surface area contributed by atoms with Crippen molar-refractivity contribution in [1.29, 1.82) is 0 Å². The van der Waals surface area contributed by atoms with Crippen molar-refractivity contribution >= 4 is 38.8 Å². The van der Waals surface area contributed by atoms with E-state index in [1.165, 1.54) is 6.42 Å². The van der Waals surface area contributed by atoms with Crippen LogP contribution in [0.4, 0.5) is 0 Å². The summed E-state index contributed by atoms with van der Waals surface area (Å²) in [5.74, 6) is 0.0917. The molecule has 0 saturated heterocycles. The molecule has 6 nitrogen and oxygen atoms in total. The van der Waals surface area contributed by atoms with E-state index in [0.29, 0.717) is 18.9 Å². The zero-order valence-electron chi connectivity index (χ0n) is 18.2. The van der Waals surface area contributed by atoms with Gasteiger partial charge in [-0.15, -0.1) is 0 Å². The molecule has 1 aromatic heterocycles. The molecule has 0 radical (unpaired) electrons. The average molecular weight is 495 g/mol. The molecule has 2 heterocycles. The number of hydrogen-bond acceptors (Lipinski definition) is 3. The molecule has 1 N–H and O–H groups in total. The topological polar surface area (TPSA) is 67.2 Å². The number of carbonyl (C=O) groups excluding carboxylic acids is 2. The summed E-state index contributed by atoms with van der Waals surface area (Å²) in [5.41, 5.74) is 1.60. The number of para-hydroxylation sites is 2. The van der Waals surface area contributed by atoms with E-state index in [1.807, 2.05) is 60.0 Å². The molecule has 32 heavy (non-hydrogen) atoms. The highest BCUT2D eigenvalue weighted by atomic mass is 79.9. The van der Waals surface area contributed by atoms with Gasteiger partial charge in [-0.3, -0.25) is 9.59 Å².